The second-order valence-electron chi connectivity index (χ2n) is 0. The van der Waals surface area contributed by atoms with E-state index in [1.165, 1.54) is 0 Å². The Hall–Kier alpha value is 1.46. The van der Waals surface area contributed by atoms with Crippen LogP contribution in [0.4, 0.5) is 4.70 Å². The van der Waals surface area contributed by atoms with Gasteiger partial charge in [0.25, 0.3) is 0 Å². The van der Waals surface area contributed by atoms with E-state index in [0.717, 1.165) is 0 Å². The second kappa shape index (κ2) is 25.1. The first-order valence-electron chi connectivity index (χ1n) is 0. The molecule has 0 aromatic heterocycles. The topological polar surface area (TPSA) is 35.0 Å². The first-order valence-corrected chi connectivity index (χ1v) is 0. The van der Waals surface area contributed by atoms with E-state index in [-0.39, 0.29) is 66.9 Å². The third-order valence-electron chi connectivity index (χ3n) is 0. The van der Waals surface area contributed by atoms with E-state index < -0.39 is 0 Å². The van der Waals surface area contributed by atoms with E-state index >= 15 is 0 Å². The maximum Gasteiger partial charge on any atom is 1.00 e. The van der Waals surface area contributed by atoms with Gasteiger partial charge in [0.2, 0.25) is 0 Å². The van der Waals surface area contributed by atoms with Gasteiger partial charge < -0.3 is 10.9 Å². The Labute approximate surface area is 65.9 Å². The molecular weight excluding hydrogens is 91.1 g/mol. The Balaban J connectivity index is 0. The van der Waals surface area contributed by atoms with Gasteiger partial charge in [0.15, 0.2) is 0 Å². The van der Waals surface area contributed by atoms with Gasteiger partial charge in [-0.25, -0.2) is 0 Å². The van der Waals surface area contributed by atoms with Crippen LogP contribution in [-0.2, 0) is 0 Å². The van der Waals surface area contributed by atoms with Crippen molar-refractivity contribution < 1.29 is 60.8 Å². The second-order valence-corrected chi connectivity index (χ2v) is 0. The largest absolute Gasteiger partial charge is 1.00 e. The third-order valence-corrected chi connectivity index (χ3v) is 0. The molecule has 0 radical (unpaired) electrons. The van der Waals surface area contributed by atoms with Crippen LogP contribution in [0, 0.1) is 0 Å². The van der Waals surface area contributed by atoms with E-state index in [1.54, 1.807) is 0 Å². The van der Waals surface area contributed by atoms with Crippen molar-refractivity contribution >= 4 is 0 Å². The molecule has 0 fully saturated rings. The van der Waals surface area contributed by atoms with E-state index in [4.69, 9.17) is 0 Å². The van der Waals surface area contributed by atoms with Crippen LogP contribution >= 0.6 is 0 Å². The van der Waals surface area contributed by atoms with Crippen LogP contribution in [0.3, 0.4) is 0 Å². The van der Waals surface area contributed by atoms with Gasteiger partial charge in [0.05, 0.1) is 0 Å². The molecular formula is H4F2KN. The zero-order valence-electron chi connectivity index (χ0n) is 2.49. The molecule has 0 unspecified atom stereocenters. The molecule has 3 N–H and O–H groups in total. The molecule has 0 aliphatic rings. The third kappa shape index (κ3) is 9.83. The molecule has 0 aliphatic carbocycles. The fourth-order valence-electron chi connectivity index (χ4n) is 0. The van der Waals surface area contributed by atoms with Crippen LogP contribution in [0.2, 0.25) is 0 Å². The van der Waals surface area contributed by atoms with Crippen LogP contribution in [0.1, 0.15) is 0 Å². The molecule has 24 valence electrons. The summed E-state index contributed by atoms with van der Waals surface area (Å²) in [5.74, 6) is 0. The number of hydrogen-bond donors (Lipinski definition) is 1. The Morgan fingerprint density at radius 3 is 1.00 bits per heavy atom. The van der Waals surface area contributed by atoms with Crippen LogP contribution < -0.4 is 62.2 Å². The predicted molar refractivity (Wildman–Crippen MR) is 7.53 cm³/mol. The van der Waals surface area contributed by atoms with Crippen LogP contribution in [0.5, 0.6) is 0 Å². The van der Waals surface area contributed by atoms with Gasteiger partial charge in [-0.15, -0.1) is 0 Å². The summed E-state index contributed by atoms with van der Waals surface area (Å²) in [4.78, 5) is 0. The normalized spacial score (nSPS) is 0. The van der Waals surface area contributed by atoms with Crippen molar-refractivity contribution in [3.63, 3.8) is 0 Å². The van der Waals surface area contributed by atoms with Crippen LogP contribution in [0.15, 0.2) is 0 Å². The van der Waals surface area contributed by atoms with Crippen molar-refractivity contribution in [3.05, 3.63) is 0 Å². The van der Waals surface area contributed by atoms with Crippen molar-refractivity contribution in [1.29, 1.82) is 0 Å². The number of rotatable bonds is 0. The average molecular weight is 95.1 g/mol. The Kier molecular flexibility index (Phi) is 321. The summed E-state index contributed by atoms with van der Waals surface area (Å²) in [5.41, 5.74) is 0. The monoisotopic (exact) mass is 95.0 g/mol. The summed E-state index contributed by atoms with van der Waals surface area (Å²) < 4.78 is 0. The molecule has 4 heteroatoms. The summed E-state index contributed by atoms with van der Waals surface area (Å²) in [7, 11) is 0. The van der Waals surface area contributed by atoms with E-state index in [9.17, 15) is 0 Å². The summed E-state index contributed by atoms with van der Waals surface area (Å²) in [5, 5.41) is 0. The van der Waals surface area contributed by atoms with Crippen molar-refractivity contribution in [3.8, 4) is 0 Å². The van der Waals surface area contributed by atoms with Gasteiger partial charge in [-0.2, -0.15) is 0 Å². The minimum atomic E-state index is 0. The molecule has 1 nitrogen and oxygen atoms in total. The zero-order valence-corrected chi connectivity index (χ0v) is 5.62. The minimum absolute atomic E-state index is 0. The van der Waals surface area contributed by atoms with Crippen molar-refractivity contribution in [2.75, 3.05) is 0 Å². The standard InChI is InChI=1S/2FH.K.H3N/h2*1H;;1H3/q;;+1;/p-1. The van der Waals surface area contributed by atoms with Gasteiger partial charge in [0, 0.05) is 0 Å². The smallest absolute Gasteiger partial charge is 1.00 e. The van der Waals surface area contributed by atoms with Crippen LogP contribution in [-0.4, -0.2) is 0 Å². The molecule has 0 aromatic carbocycles. The van der Waals surface area contributed by atoms with Crippen molar-refractivity contribution in [2.24, 2.45) is 0 Å². The molecule has 0 saturated heterocycles. The molecule has 0 aliphatic heterocycles. The predicted octanol–water partition coefficient (Wildman–Crippen LogP) is -5.68. The summed E-state index contributed by atoms with van der Waals surface area (Å²) in [6.07, 6.45) is 0. The van der Waals surface area contributed by atoms with Crippen LogP contribution in [0.25, 0.3) is 0 Å². The maximum atomic E-state index is 0. The molecule has 0 amide bonds. The molecule has 0 aromatic rings. The summed E-state index contributed by atoms with van der Waals surface area (Å²) >= 11 is 0. The molecule has 0 spiro atoms. The van der Waals surface area contributed by atoms with E-state index in [2.05, 4.69) is 0 Å². The van der Waals surface area contributed by atoms with E-state index in [0.29, 0.717) is 0 Å². The van der Waals surface area contributed by atoms with Gasteiger partial charge in [0.1, 0.15) is 0 Å². The van der Waals surface area contributed by atoms with Gasteiger partial charge >= 0.3 is 51.4 Å². The first-order chi connectivity index (χ1) is 0. The first kappa shape index (κ1) is 51.1. The maximum absolute atomic E-state index is 0. The SMILES string of the molecule is F.N.[F-].[K+]. The molecule has 0 heterocycles. The molecule has 4 heavy (non-hydrogen) atoms. The van der Waals surface area contributed by atoms with Crippen molar-refractivity contribution in [1.82, 2.24) is 6.15 Å². The summed E-state index contributed by atoms with van der Waals surface area (Å²) in [6, 6.07) is 0. The van der Waals surface area contributed by atoms with Crippen molar-refractivity contribution in [2.45, 2.75) is 0 Å². The van der Waals surface area contributed by atoms with Gasteiger partial charge in [-0.05, 0) is 0 Å². The quantitative estimate of drug-likeness (QED) is 0.299. The minimum Gasteiger partial charge on any atom is -1.00 e. The Morgan fingerprint density at radius 2 is 1.00 bits per heavy atom. The Morgan fingerprint density at radius 1 is 1.00 bits per heavy atom. The fourth-order valence-corrected chi connectivity index (χ4v) is 0. The average Bonchev–Trinajstić information content (AvgIpc) is 0. The number of halogens is 2. The molecule has 0 rings (SSSR count). The van der Waals surface area contributed by atoms with Gasteiger partial charge in [-0.1, -0.05) is 0 Å². The molecule has 0 atom stereocenters. The zero-order chi connectivity index (χ0) is 0. The molecule has 0 bridgehead atoms. The summed E-state index contributed by atoms with van der Waals surface area (Å²) in [6.45, 7) is 0. The van der Waals surface area contributed by atoms with Gasteiger partial charge in [-0.3, -0.25) is 4.70 Å². The van der Waals surface area contributed by atoms with E-state index in [1.807, 2.05) is 0 Å². The Bertz CT molecular complexity index is 6.00. The molecule has 0 saturated carbocycles. The number of hydrogen-bond acceptors (Lipinski definition) is 1. The fraction of sp³-hybridized carbons (Fsp3) is 0.